The maximum absolute atomic E-state index is 14.4. The van der Waals surface area contributed by atoms with Crippen molar-refractivity contribution < 1.29 is 14.6 Å². The van der Waals surface area contributed by atoms with Crippen LogP contribution in [0.2, 0.25) is 0 Å². The molecule has 3 aromatic rings. The highest BCUT2D eigenvalue weighted by molar-refractivity contribution is 6.01. The van der Waals surface area contributed by atoms with Crippen molar-refractivity contribution in [3.63, 3.8) is 0 Å². The van der Waals surface area contributed by atoms with E-state index in [0.717, 1.165) is 16.8 Å². The number of phenolic OH excluding ortho intramolecular Hbond substituents is 2. The van der Waals surface area contributed by atoms with E-state index in [0.29, 0.717) is 12.1 Å². The van der Waals surface area contributed by atoms with Crippen LogP contribution in [-0.2, 0) is 0 Å². The number of nitrogens with zero attached hydrogens (tertiary/aromatic N) is 2. The van der Waals surface area contributed by atoms with Crippen molar-refractivity contribution in [1.29, 1.82) is 0 Å². The van der Waals surface area contributed by atoms with Gasteiger partial charge in [0.15, 0.2) is 0 Å². The minimum absolute atomic E-state index is 0.143. The zero-order valence-corrected chi connectivity index (χ0v) is 16.2. The van der Waals surface area contributed by atoms with Crippen molar-refractivity contribution >= 4 is 23.6 Å². The monoisotopic (exact) mass is 400 g/mol. The number of anilines is 1. The number of rotatable bonds is 5. The van der Waals surface area contributed by atoms with Crippen molar-refractivity contribution in [3.05, 3.63) is 102 Å². The lowest BCUT2D eigenvalue weighted by molar-refractivity contribution is 0.474. The van der Waals surface area contributed by atoms with Crippen LogP contribution in [0.3, 0.4) is 0 Å². The second-order valence-electron chi connectivity index (χ2n) is 7.03. The van der Waals surface area contributed by atoms with Crippen LogP contribution in [0.4, 0.5) is 10.1 Å². The molecular formula is C25H21FN2O2. The molecule has 3 aromatic carbocycles. The third-order valence-electron chi connectivity index (χ3n) is 4.83. The van der Waals surface area contributed by atoms with Crippen molar-refractivity contribution in [3.8, 4) is 11.5 Å². The van der Waals surface area contributed by atoms with E-state index in [1.54, 1.807) is 47.5 Å². The lowest BCUT2D eigenvalue weighted by atomic mass is 10.1. The molecule has 4 rings (SSSR count). The summed E-state index contributed by atoms with van der Waals surface area (Å²) in [6.07, 6.45) is 8.39. The van der Waals surface area contributed by atoms with Crippen LogP contribution in [0.25, 0.3) is 12.2 Å². The highest BCUT2D eigenvalue weighted by atomic mass is 19.1. The summed E-state index contributed by atoms with van der Waals surface area (Å²) < 4.78 is 14.4. The Morgan fingerprint density at radius 1 is 0.800 bits per heavy atom. The average Bonchev–Trinajstić information content (AvgIpc) is 3.16. The van der Waals surface area contributed by atoms with Gasteiger partial charge >= 0.3 is 0 Å². The molecule has 30 heavy (non-hydrogen) atoms. The number of benzene rings is 3. The topological polar surface area (TPSA) is 56.1 Å². The number of allylic oxidation sites excluding steroid dienone is 1. The molecule has 0 bridgehead atoms. The van der Waals surface area contributed by atoms with Crippen molar-refractivity contribution in [2.24, 2.45) is 5.10 Å². The molecule has 0 fully saturated rings. The first-order valence-corrected chi connectivity index (χ1v) is 9.64. The molecule has 0 radical (unpaired) electrons. The molecule has 1 aliphatic heterocycles. The summed E-state index contributed by atoms with van der Waals surface area (Å²) in [5, 5.41) is 25.2. The Balaban J connectivity index is 1.59. The smallest absolute Gasteiger partial charge is 0.148 e. The van der Waals surface area contributed by atoms with Gasteiger partial charge in [-0.3, -0.25) is 5.01 Å². The van der Waals surface area contributed by atoms with E-state index in [-0.39, 0.29) is 23.4 Å². The molecule has 0 spiro atoms. The highest BCUT2D eigenvalue weighted by Gasteiger charge is 2.26. The Morgan fingerprint density at radius 2 is 1.40 bits per heavy atom. The van der Waals surface area contributed by atoms with Crippen LogP contribution in [0.15, 0.2) is 90.0 Å². The second kappa shape index (κ2) is 8.66. The number of aromatic hydroxyl groups is 2. The first kappa shape index (κ1) is 19.5. The summed E-state index contributed by atoms with van der Waals surface area (Å²) in [6.45, 7) is 0. The van der Waals surface area contributed by atoms with Gasteiger partial charge in [-0.2, -0.15) is 5.10 Å². The Morgan fingerprint density at radius 3 is 2.03 bits per heavy atom. The van der Waals surface area contributed by atoms with E-state index < -0.39 is 0 Å². The Hall–Kier alpha value is -3.86. The number of hydrazone groups is 1. The number of phenols is 2. The zero-order valence-electron chi connectivity index (χ0n) is 16.2. The largest absolute Gasteiger partial charge is 0.508 e. The molecule has 150 valence electrons. The van der Waals surface area contributed by atoms with Crippen LogP contribution in [0, 0.1) is 5.82 Å². The highest BCUT2D eigenvalue weighted by Crippen LogP contribution is 2.29. The lowest BCUT2D eigenvalue weighted by Gasteiger charge is -2.21. The number of halogens is 1. The predicted molar refractivity (Wildman–Crippen MR) is 119 cm³/mol. The van der Waals surface area contributed by atoms with Crippen molar-refractivity contribution in [2.75, 3.05) is 5.01 Å². The molecule has 2 N–H and O–H groups in total. The number of para-hydroxylation sites is 1. The zero-order chi connectivity index (χ0) is 20.9. The van der Waals surface area contributed by atoms with E-state index in [9.17, 15) is 14.6 Å². The maximum atomic E-state index is 14.4. The van der Waals surface area contributed by atoms with Crippen LogP contribution in [0.1, 0.15) is 17.5 Å². The molecule has 4 nitrogen and oxygen atoms in total. The SMILES string of the molecule is Oc1ccc(/C=C/C2=NN(c3ccccc3F)C(/C=C/c3ccc(O)cc3)C2)cc1. The second-order valence-corrected chi connectivity index (χ2v) is 7.03. The molecule has 5 heteroatoms. The molecule has 0 amide bonds. The van der Waals surface area contributed by atoms with Crippen LogP contribution in [-0.4, -0.2) is 22.0 Å². The Kier molecular flexibility index (Phi) is 5.61. The van der Waals surface area contributed by atoms with Gasteiger partial charge in [-0.15, -0.1) is 0 Å². The maximum Gasteiger partial charge on any atom is 0.148 e. The van der Waals surface area contributed by atoms with E-state index >= 15 is 0 Å². The fourth-order valence-electron chi connectivity index (χ4n) is 3.26. The molecule has 0 aromatic heterocycles. The van der Waals surface area contributed by atoms with Crippen molar-refractivity contribution in [2.45, 2.75) is 12.5 Å². The van der Waals surface area contributed by atoms with Crippen LogP contribution in [0.5, 0.6) is 11.5 Å². The van der Waals surface area contributed by atoms with E-state index in [2.05, 4.69) is 5.10 Å². The molecule has 1 aliphatic rings. The normalized spacial score (nSPS) is 16.5. The fraction of sp³-hybridized carbons (Fsp3) is 0.0800. The first-order chi connectivity index (χ1) is 14.6. The van der Waals surface area contributed by atoms with E-state index in [1.165, 1.54) is 6.07 Å². The third kappa shape index (κ3) is 4.58. The van der Waals surface area contributed by atoms with Gasteiger partial charge in [-0.25, -0.2) is 4.39 Å². The van der Waals surface area contributed by atoms with Gasteiger partial charge in [0.2, 0.25) is 0 Å². The van der Waals surface area contributed by atoms with Gasteiger partial charge in [0.05, 0.1) is 17.4 Å². The standard InChI is InChI=1S/C25H21FN2O2/c26-24-3-1-2-4-25(24)28-21(12-6-19-9-15-23(30)16-10-19)17-20(27-28)11-5-18-7-13-22(29)14-8-18/h1-16,21,29-30H,17H2/b11-5+,12-6+. The summed E-state index contributed by atoms with van der Waals surface area (Å²) in [5.41, 5.74) is 3.13. The number of hydrogen-bond acceptors (Lipinski definition) is 4. The van der Waals surface area contributed by atoms with Gasteiger partial charge < -0.3 is 10.2 Å². The Labute approximate surface area is 174 Å². The molecule has 0 aliphatic carbocycles. The molecule has 0 saturated heterocycles. The van der Waals surface area contributed by atoms with Gasteiger partial charge in [-0.05, 0) is 53.6 Å². The molecule has 1 atom stereocenters. The minimum Gasteiger partial charge on any atom is -0.508 e. The molecular weight excluding hydrogens is 379 g/mol. The minimum atomic E-state index is -0.326. The van der Waals surface area contributed by atoms with Gasteiger partial charge in [-0.1, -0.05) is 54.6 Å². The number of hydrogen-bond donors (Lipinski definition) is 2. The lowest BCUT2D eigenvalue weighted by Crippen LogP contribution is -2.24. The van der Waals surface area contributed by atoms with E-state index in [1.807, 2.05) is 48.6 Å². The van der Waals surface area contributed by atoms with Gasteiger partial charge in [0, 0.05) is 6.42 Å². The first-order valence-electron chi connectivity index (χ1n) is 9.64. The summed E-state index contributed by atoms with van der Waals surface area (Å²) in [5.74, 6) is 0.106. The fourth-order valence-corrected chi connectivity index (χ4v) is 3.26. The van der Waals surface area contributed by atoms with Crippen molar-refractivity contribution in [1.82, 2.24) is 0 Å². The van der Waals surface area contributed by atoms with E-state index in [4.69, 9.17) is 0 Å². The summed E-state index contributed by atoms with van der Waals surface area (Å²) >= 11 is 0. The average molecular weight is 400 g/mol. The molecule has 1 heterocycles. The van der Waals surface area contributed by atoms with Gasteiger partial charge in [0.25, 0.3) is 0 Å². The third-order valence-corrected chi connectivity index (χ3v) is 4.83. The molecule has 0 saturated carbocycles. The summed E-state index contributed by atoms with van der Waals surface area (Å²) in [4.78, 5) is 0. The summed E-state index contributed by atoms with van der Waals surface area (Å²) in [7, 11) is 0. The van der Waals surface area contributed by atoms with Crippen LogP contribution < -0.4 is 5.01 Å². The van der Waals surface area contributed by atoms with Crippen LogP contribution >= 0.6 is 0 Å². The summed E-state index contributed by atoms with van der Waals surface area (Å²) in [6, 6.07) is 20.2. The Bertz CT molecular complexity index is 1100. The molecule has 1 unspecified atom stereocenters. The predicted octanol–water partition coefficient (Wildman–Crippen LogP) is 5.60. The van der Waals surface area contributed by atoms with Gasteiger partial charge in [0.1, 0.15) is 17.3 Å². The quantitative estimate of drug-likeness (QED) is 0.586.